The number of carboxylic acid groups (broad SMARTS) is 2. The standard InChI is InChI=1S/C8H16N2O4/c1-5(2)3-6(8(13)14)10-9-4-7(11)12/h5-6,9-10H,3-4H2,1-2H3,(H,11,12)(H,13,14)/t6-/m0/s1. The highest BCUT2D eigenvalue weighted by Crippen LogP contribution is 2.03. The van der Waals surface area contributed by atoms with E-state index in [-0.39, 0.29) is 12.5 Å². The molecular formula is C8H16N2O4. The Morgan fingerprint density at radius 1 is 1.29 bits per heavy atom. The number of hydrogen-bond acceptors (Lipinski definition) is 4. The van der Waals surface area contributed by atoms with Gasteiger partial charge in [0, 0.05) is 0 Å². The summed E-state index contributed by atoms with van der Waals surface area (Å²) in [6.45, 7) is 3.49. The zero-order valence-electron chi connectivity index (χ0n) is 8.28. The molecule has 6 heteroatoms. The highest BCUT2D eigenvalue weighted by Gasteiger charge is 2.17. The number of aliphatic carboxylic acids is 2. The third-order valence-corrected chi connectivity index (χ3v) is 1.52. The molecule has 0 radical (unpaired) electrons. The second-order valence-electron chi connectivity index (χ2n) is 3.41. The average molecular weight is 204 g/mol. The summed E-state index contributed by atoms with van der Waals surface area (Å²) in [6.07, 6.45) is 0.446. The molecule has 0 aliphatic carbocycles. The van der Waals surface area contributed by atoms with Crippen molar-refractivity contribution < 1.29 is 19.8 Å². The van der Waals surface area contributed by atoms with Crippen LogP contribution in [0, 0.1) is 5.92 Å². The molecule has 6 nitrogen and oxygen atoms in total. The number of nitrogens with one attached hydrogen (secondary N) is 2. The van der Waals surface area contributed by atoms with E-state index in [1.807, 2.05) is 13.8 Å². The normalized spacial score (nSPS) is 12.8. The van der Waals surface area contributed by atoms with Crippen molar-refractivity contribution in [1.82, 2.24) is 10.9 Å². The minimum absolute atomic E-state index is 0.232. The molecule has 0 unspecified atom stereocenters. The van der Waals surface area contributed by atoms with E-state index >= 15 is 0 Å². The van der Waals surface area contributed by atoms with Crippen LogP contribution in [0.5, 0.6) is 0 Å². The Bertz CT molecular complexity index is 206. The van der Waals surface area contributed by atoms with Gasteiger partial charge in [0.15, 0.2) is 0 Å². The van der Waals surface area contributed by atoms with Crippen molar-refractivity contribution in [3.63, 3.8) is 0 Å². The van der Waals surface area contributed by atoms with Gasteiger partial charge in [0.2, 0.25) is 0 Å². The Hall–Kier alpha value is -1.14. The van der Waals surface area contributed by atoms with Crippen molar-refractivity contribution in [2.75, 3.05) is 6.54 Å². The molecule has 0 aliphatic rings. The number of rotatable bonds is 7. The van der Waals surface area contributed by atoms with Crippen LogP contribution in [-0.2, 0) is 9.59 Å². The minimum Gasteiger partial charge on any atom is -0.480 e. The largest absolute Gasteiger partial charge is 0.480 e. The molecule has 0 amide bonds. The van der Waals surface area contributed by atoms with Crippen molar-refractivity contribution >= 4 is 11.9 Å². The summed E-state index contributed by atoms with van der Waals surface area (Å²) in [4.78, 5) is 20.8. The summed E-state index contributed by atoms with van der Waals surface area (Å²) in [6, 6.07) is -0.755. The molecule has 0 aliphatic heterocycles. The van der Waals surface area contributed by atoms with Crippen LogP contribution in [-0.4, -0.2) is 34.7 Å². The van der Waals surface area contributed by atoms with Crippen LogP contribution >= 0.6 is 0 Å². The van der Waals surface area contributed by atoms with Gasteiger partial charge in [-0.3, -0.25) is 9.59 Å². The second-order valence-corrected chi connectivity index (χ2v) is 3.41. The van der Waals surface area contributed by atoms with Crippen molar-refractivity contribution in [2.24, 2.45) is 5.92 Å². The van der Waals surface area contributed by atoms with Gasteiger partial charge in [-0.15, -0.1) is 0 Å². The molecule has 0 aromatic rings. The molecule has 82 valence electrons. The first-order chi connectivity index (χ1) is 6.43. The van der Waals surface area contributed by atoms with Crippen molar-refractivity contribution in [1.29, 1.82) is 0 Å². The SMILES string of the molecule is CC(C)C[C@H](NNCC(=O)O)C(=O)O. The lowest BCUT2D eigenvalue weighted by atomic mass is 10.0. The van der Waals surface area contributed by atoms with Gasteiger partial charge in [-0.25, -0.2) is 10.9 Å². The van der Waals surface area contributed by atoms with Crippen LogP contribution in [0.15, 0.2) is 0 Å². The molecule has 0 saturated carbocycles. The number of hydrogen-bond donors (Lipinski definition) is 4. The zero-order valence-corrected chi connectivity index (χ0v) is 8.28. The molecule has 1 atom stereocenters. The van der Waals surface area contributed by atoms with E-state index in [0.29, 0.717) is 6.42 Å². The second kappa shape index (κ2) is 6.33. The monoisotopic (exact) mass is 204 g/mol. The molecule has 4 N–H and O–H groups in total. The van der Waals surface area contributed by atoms with Crippen LogP contribution in [0.1, 0.15) is 20.3 Å². The van der Waals surface area contributed by atoms with Gasteiger partial charge in [-0.1, -0.05) is 13.8 Å². The maximum absolute atomic E-state index is 10.7. The zero-order chi connectivity index (χ0) is 11.1. The highest BCUT2D eigenvalue weighted by molar-refractivity contribution is 5.73. The Morgan fingerprint density at radius 2 is 1.86 bits per heavy atom. The van der Waals surface area contributed by atoms with Gasteiger partial charge in [-0.05, 0) is 12.3 Å². The quantitative estimate of drug-likeness (QED) is 0.424. The lowest BCUT2D eigenvalue weighted by Gasteiger charge is -2.16. The molecule has 0 fully saturated rings. The van der Waals surface area contributed by atoms with Crippen LogP contribution in [0.3, 0.4) is 0 Å². The fraction of sp³-hybridized carbons (Fsp3) is 0.750. The topological polar surface area (TPSA) is 98.7 Å². The van der Waals surface area contributed by atoms with Crippen LogP contribution in [0.4, 0.5) is 0 Å². The minimum atomic E-state index is -1.04. The first kappa shape index (κ1) is 12.9. The Kier molecular flexibility index (Phi) is 5.82. The van der Waals surface area contributed by atoms with Gasteiger partial charge in [0.25, 0.3) is 0 Å². The predicted octanol–water partition coefficient (Wildman–Crippen LogP) is -0.335. The van der Waals surface area contributed by atoms with Crippen LogP contribution in [0.2, 0.25) is 0 Å². The Balaban J connectivity index is 3.85. The predicted molar refractivity (Wildman–Crippen MR) is 49.7 cm³/mol. The third kappa shape index (κ3) is 6.38. The fourth-order valence-electron chi connectivity index (χ4n) is 0.943. The average Bonchev–Trinajstić information content (AvgIpc) is 2.00. The van der Waals surface area contributed by atoms with Crippen molar-refractivity contribution in [3.8, 4) is 0 Å². The summed E-state index contributed by atoms with van der Waals surface area (Å²) in [7, 11) is 0. The molecule has 14 heavy (non-hydrogen) atoms. The Morgan fingerprint density at radius 3 is 2.21 bits per heavy atom. The van der Waals surface area contributed by atoms with E-state index in [0.717, 1.165) is 0 Å². The molecule has 0 heterocycles. The third-order valence-electron chi connectivity index (χ3n) is 1.52. The molecule has 0 saturated heterocycles. The lowest BCUT2D eigenvalue weighted by Crippen LogP contribution is -2.47. The summed E-state index contributed by atoms with van der Waals surface area (Å²) in [5.74, 6) is -1.79. The van der Waals surface area contributed by atoms with Crippen LogP contribution in [0.25, 0.3) is 0 Å². The molecule has 0 aromatic heterocycles. The fourth-order valence-corrected chi connectivity index (χ4v) is 0.943. The van der Waals surface area contributed by atoms with Gasteiger partial charge >= 0.3 is 11.9 Å². The maximum Gasteiger partial charge on any atom is 0.322 e. The van der Waals surface area contributed by atoms with Gasteiger partial charge in [0.1, 0.15) is 12.6 Å². The van der Waals surface area contributed by atoms with E-state index in [4.69, 9.17) is 10.2 Å². The smallest absolute Gasteiger partial charge is 0.322 e. The van der Waals surface area contributed by atoms with E-state index in [2.05, 4.69) is 10.9 Å². The number of carbonyl (C=O) groups is 2. The van der Waals surface area contributed by atoms with E-state index < -0.39 is 18.0 Å². The van der Waals surface area contributed by atoms with Gasteiger partial charge in [0.05, 0.1) is 0 Å². The van der Waals surface area contributed by atoms with Gasteiger partial charge in [-0.2, -0.15) is 0 Å². The van der Waals surface area contributed by atoms with Gasteiger partial charge < -0.3 is 10.2 Å². The maximum atomic E-state index is 10.7. The first-order valence-corrected chi connectivity index (χ1v) is 4.36. The number of carboxylic acids is 2. The lowest BCUT2D eigenvalue weighted by molar-refractivity contribution is -0.141. The van der Waals surface area contributed by atoms with E-state index in [1.54, 1.807) is 0 Å². The first-order valence-electron chi connectivity index (χ1n) is 4.36. The molecular weight excluding hydrogens is 188 g/mol. The summed E-state index contributed by atoms with van der Waals surface area (Å²) in [5, 5.41) is 17.0. The van der Waals surface area contributed by atoms with Crippen LogP contribution < -0.4 is 10.9 Å². The molecule has 0 spiro atoms. The highest BCUT2D eigenvalue weighted by atomic mass is 16.4. The summed E-state index contributed by atoms with van der Waals surface area (Å²) in [5.41, 5.74) is 4.79. The molecule has 0 rings (SSSR count). The van der Waals surface area contributed by atoms with E-state index in [9.17, 15) is 9.59 Å². The van der Waals surface area contributed by atoms with Crippen molar-refractivity contribution in [2.45, 2.75) is 26.3 Å². The molecule has 0 bridgehead atoms. The van der Waals surface area contributed by atoms with E-state index in [1.165, 1.54) is 0 Å². The summed E-state index contributed by atoms with van der Waals surface area (Å²) < 4.78 is 0. The summed E-state index contributed by atoms with van der Waals surface area (Å²) >= 11 is 0. The Labute approximate surface area is 82.3 Å². The van der Waals surface area contributed by atoms with Crippen molar-refractivity contribution in [3.05, 3.63) is 0 Å². The molecule has 0 aromatic carbocycles. The number of hydrazine groups is 1.